The Kier molecular flexibility index (Phi) is 14.8. The standard InChI is InChI=1S/C38H55N7O3.C10H8O3S/c1-4-29-11-10-28(26-30(29)5-2)27-35(36(46)43-24-22-42(23-25-43)32-13-17-41(3)18-14-32)40-37(47)44-19-15-33(16-20-44)45-21-12-31-8-6-7-9-34(31)39-38(45)48;11-14(12,13)10-6-5-8-3-1-2-4-9(8)7-10/h6-11,26,32-33,35H,4-5,12-25,27H2,1-3H3,(H,39,48)(H,40,47);1-7H,(H,11,12,13)/t35-;/m1./s1. The number of likely N-dealkylation sites (tertiary alicyclic amines) is 2. The molecule has 3 N–H and O–H groups in total. The minimum Gasteiger partial charge on any atom is -0.338 e. The van der Waals surface area contributed by atoms with Gasteiger partial charge >= 0.3 is 12.1 Å². The van der Waals surface area contributed by atoms with Gasteiger partial charge in [0.05, 0.1) is 4.90 Å². The number of rotatable bonds is 9. The van der Waals surface area contributed by atoms with Crippen LogP contribution < -0.4 is 10.6 Å². The maximum Gasteiger partial charge on any atom is 0.322 e. The van der Waals surface area contributed by atoms with Gasteiger partial charge in [0, 0.05) is 70.0 Å². The van der Waals surface area contributed by atoms with Gasteiger partial charge in [0.1, 0.15) is 6.04 Å². The van der Waals surface area contributed by atoms with E-state index in [-0.39, 0.29) is 28.9 Å². The minimum absolute atomic E-state index is 0.0136. The zero-order valence-electron chi connectivity index (χ0n) is 36.5. The molecule has 4 aliphatic heterocycles. The summed E-state index contributed by atoms with van der Waals surface area (Å²) in [5, 5.41) is 8.01. The SMILES string of the molecule is CCc1ccc(C[C@@H](NC(=O)N2CCC(N3CCc4ccccc4NC3=O)CC2)C(=O)N2CCN(C3CCN(C)CC3)CC2)cc1CC.O=S(=O)(O)c1ccc2ccccc2c1. The van der Waals surface area contributed by atoms with Crippen LogP contribution in [-0.4, -0.2) is 140 Å². The molecule has 0 bridgehead atoms. The number of benzene rings is 4. The summed E-state index contributed by atoms with van der Waals surface area (Å²) in [6.45, 7) is 11.5. The lowest BCUT2D eigenvalue weighted by atomic mass is 9.96. The molecule has 4 heterocycles. The van der Waals surface area contributed by atoms with Crippen molar-refractivity contribution in [1.29, 1.82) is 0 Å². The van der Waals surface area contributed by atoms with Gasteiger partial charge in [-0.2, -0.15) is 8.42 Å². The number of nitrogens with zero attached hydrogens (tertiary/aromatic N) is 5. The lowest BCUT2D eigenvalue weighted by molar-refractivity contribution is -0.135. The van der Waals surface area contributed by atoms with E-state index in [2.05, 4.69) is 65.6 Å². The third-order valence-corrected chi connectivity index (χ3v) is 14.1. The van der Waals surface area contributed by atoms with Crippen molar-refractivity contribution in [3.05, 3.63) is 107 Å². The van der Waals surface area contributed by atoms with Crippen LogP contribution in [0.15, 0.2) is 89.8 Å². The monoisotopic (exact) mass is 865 g/mol. The molecule has 0 aliphatic carbocycles. The number of carbonyl (C=O) groups excluding carboxylic acids is 3. The number of fused-ring (bicyclic) bond motifs is 2. The molecule has 0 saturated carbocycles. The summed E-state index contributed by atoms with van der Waals surface area (Å²) in [5.74, 6) is 0.0136. The molecule has 3 fully saturated rings. The molecule has 13 nitrogen and oxygen atoms in total. The Morgan fingerprint density at radius 1 is 0.742 bits per heavy atom. The third-order valence-electron chi connectivity index (χ3n) is 13.3. The zero-order valence-corrected chi connectivity index (χ0v) is 37.3. The van der Waals surface area contributed by atoms with Crippen molar-refractivity contribution in [2.24, 2.45) is 0 Å². The zero-order chi connectivity index (χ0) is 43.8. The number of hydrogen-bond donors (Lipinski definition) is 3. The van der Waals surface area contributed by atoms with Gasteiger partial charge in [-0.1, -0.05) is 80.6 Å². The van der Waals surface area contributed by atoms with E-state index in [1.807, 2.05) is 51.1 Å². The lowest BCUT2D eigenvalue weighted by Crippen LogP contribution is -2.59. The van der Waals surface area contributed by atoms with E-state index >= 15 is 0 Å². The van der Waals surface area contributed by atoms with Gasteiger partial charge in [-0.05, 0) is 116 Å². The summed E-state index contributed by atoms with van der Waals surface area (Å²) >= 11 is 0. The first-order chi connectivity index (χ1) is 29.9. The van der Waals surface area contributed by atoms with Crippen LogP contribution in [0.25, 0.3) is 10.8 Å². The van der Waals surface area contributed by atoms with Crippen molar-refractivity contribution >= 4 is 44.5 Å². The average Bonchev–Trinajstić information content (AvgIpc) is 3.46. The molecule has 0 radical (unpaired) electrons. The highest BCUT2D eigenvalue weighted by Gasteiger charge is 2.35. The number of aryl methyl sites for hydroxylation is 2. The van der Waals surface area contributed by atoms with Crippen molar-refractivity contribution in [1.82, 2.24) is 29.8 Å². The van der Waals surface area contributed by atoms with Crippen molar-refractivity contribution in [3.8, 4) is 0 Å². The van der Waals surface area contributed by atoms with Crippen LogP contribution >= 0.6 is 0 Å². The van der Waals surface area contributed by atoms with Crippen molar-refractivity contribution < 1.29 is 27.4 Å². The molecule has 0 aromatic heterocycles. The maximum atomic E-state index is 14.2. The molecule has 332 valence electrons. The first kappa shape index (κ1) is 45.0. The number of urea groups is 2. The quantitative estimate of drug-likeness (QED) is 0.166. The number of nitrogens with one attached hydrogen (secondary N) is 2. The number of para-hydroxylation sites is 1. The van der Waals surface area contributed by atoms with Crippen LogP contribution in [0.2, 0.25) is 0 Å². The second kappa shape index (κ2) is 20.4. The summed E-state index contributed by atoms with van der Waals surface area (Å²) in [6, 6.07) is 26.2. The molecule has 8 rings (SSSR count). The summed E-state index contributed by atoms with van der Waals surface area (Å²) < 4.78 is 30.5. The van der Waals surface area contributed by atoms with E-state index < -0.39 is 16.2 Å². The van der Waals surface area contributed by atoms with Crippen LogP contribution in [0.3, 0.4) is 0 Å². The number of amides is 5. The number of carbonyl (C=O) groups is 3. The van der Waals surface area contributed by atoms with E-state index in [4.69, 9.17) is 4.55 Å². The number of anilines is 1. The number of piperazine rings is 1. The van der Waals surface area contributed by atoms with Gasteiger partial charge in [-0.25, -0.2) is 9.59 Å². The topological polar surface area (TPSA) is 146 Å². The van der Waals surface area contributed by atoms with Gasteiger partial charge in [0.15, 0.2) is 0 Å². The number of piperidine rings is 2. The van der Waals surface area contributed by atoms with E-state index in [1.165, 1.54) is 36.1 Å². The second-order valence-corrected chi connectivity index (χ2v) is 18.6. The Hall–Kier alpha value is -5.02. The highest BCUT2D eigenvalue weighted by Crippen LogP contribution is 2.26. The fourth-order valence-corrected chi connectivity index (χ4v) is 10.0. The molecule has 4 aromatic carbocycles. The Labute approximate surface area is 367 Å². The lowest BCUT2D eigenvalue weighted by Gasteiger charge is -2.43. The Morgan fingerprint density at radius 2 is 1.40 bits per heavy atom. The minimum atomic E-state index is -4.09. The van der Waals surface area contributed by atoms with Crippen LogP contribution in [0, 0.1) is 0 Å². The fraction of sp³-hybridized carbons (Fsp3) is 0.479. The van der Waals surface area contributed by atoms with E-state index in [1.54, 1.807) is 12.1 Å². The molecule has 5 amide bonds. The Morgan fingerprint density at radius 3 is 2.10 bits per heavy atom. The normalized spacial score (nSPS) is 18.9. The Bertz CT molecular complexity index is 2300. The number of hydrogen-bond acceptors (Lipinski definition) is 7. The van der Waals surface area contributed by atoms with E-state index in [0.29, 0.717) is 58.0 Å². The van der Waals surface area contributed by atoms with E-state index in [0.717, 1.165) is 73.0 Å². The van der Waals surface area contributed by atoms with Crippen LogP contribution in [-0.2, 0) is 40.6 Å². The van der Waals surface area contributed by atoms with Crippen molar-refractivity contribution in [2.45, 2.75) is 88.2 Å². The maximum absolute atomic E-state index is 14.2. The van der Waals surface area contributed by atoms with Gasteiger partial charge in [-0.3, -0.25) is 14.2 Å². The molecule has 4 aliphatic rings. The summed E-state index contributed by atoms with van der Waals surface area (Å²) in [5.41, 5.74) is 5.76. The molecule has 4 aromatic rings. The highest BCUT2D eigenvalue weighted by atomic mass is 32.2. The molecular weight excluding hydrogens is 803 g/mol. The summed E-state index contributed by atoms with van der Waals surface area (Å²) in [7, 11) is -1.90. The molecule has 1 atom stereocenters. The van der Waals surface area contributed by atoms with Crippen LogP contribution in [0.1, 0.15) is 61.8 Å². The molecule has 3 saturated heterocycles. The first-order valence-corrected chi connectivity index (χ1v) is 23.8. The first-order valence-electron chi connectivity index (χ1n) is 22.4. The average molecular weight is 866 g/mol. The molecule has 0 spiro atoms. The van der Waals surface area contributed by atoms with Crippen molar-refractivity contribution in [2.75, 3.05) is 71.3 Å². The molecule has 14 heteroatoms. The fourth-order valence-electron chi connectivity index (χ4n) is 9.49. The molecule has 62 heavy (non-hydrogen) atoms. The predicted octanol–water partition coefficient (Wildman–Crippen LogP) is 6.31. The third kappa shape index (κ3) is 11.1. The summed E-state index contributed by atoms with van der Waals surface area (Å²) in [4.78, 5) is 51.7. The highest BCUT2D eigenvalue weighted by molar-refractivity contribution is 7.85. The predicted molar refractivity (Wildman–Crippen MR) is 244 cm³/mol. The van der Waals surface area contributed by atoms with Crippen LogP contribution in [0.4, 0.5) is 15.3 Å². The van der Waals surface area contributed by atoms with Gasteiger partial charge in [0.2, 0.25) is 5.91 Å². The second-order valence-electron chi connectivity index (χ2n) is 17.1. The Balaban J connectivity index is 0.000000348. The smallest absolute Gasteiger partial charge is 0.322 e. The molecular formula is C48H63N7O6S. The molecule has 0 unspecified atom stereocenters. The largest absolute Gasteiger partial charge is 0.338 e. The van der Waals surface area contributed by atoms with Gasteiger partial charge in [0.25, 0.3) is 10.1 Å². The van der Waals surface area contributed by atoms with Crippen LogP contribution in [0.5, 0.6) is 0 Å². The van der Waals surface area contributed by atoms with Crippen molar-refractivity contribution in [3.63, 3.8) is 0 Å². The van der Waals surface area contributed by atoms with Gasteiger partial charge in [-0.15, -0.1) is 0 Å². The summed E-state index contributed by atoms with van der Waals surface area (Å²) in [6.07, 6.45) is 7.00. The van der Waals surface area contributed by atoms with E-state index in [9.17, 15) is 22.8 Å². The van der Waals surface area contributed by atoms with Gasteiger partial charge < -0.3 is 30.2 Å².